The largest absolute Gasteiger partial charge is 0.465 e. The molecule has 0 amide bonds. The zero-order chi connectivity index (χ0) is 18.1. The van der Waals surface area contributed by atoms with Crippen molar-refractivity contribution in [2.45, 2.75) is 31.4 Å². The molecule has 1 aliphatic carbocycles. The van der Waals surface area contributed by atoms with E-state index in [1.54, 1.807) is 0 Å². The van der Waals surface area contributed by atoms with Crippen LogP contribution in [0.4, 0.5) is 0 Å². The van der Waals surface area contributed by atoms with E-state index in [2.05, 4.69) is 17.0 Å². The summed E-state index contributed by atoms with van der Waals surface area (Å²) in [6.45, 7) is 2.76. The van der Waals surface area contributed by atoms with Gasteiger partial charge in [-0.15, -0.1) is 11.3 Å². The Kier molecular flexibility index (Phi) is 4.86. The van der Waals surface area contributed by atoms with E-state index in [1.165, 1.54) is 29.7 Å². The van der Waals surface area contributed by atoms with Crippen LogP contribution < -0.4 is 0 Å². The molecule has 0 unspecified atom stereocenters. The van der Waals surface area contributed by atoms with Crippen LogP contribution in [0.15, 0.2) is 42.5 Å². The molecule has 1 N–H and O–H groups in total. The number of hydrogen-bond acceptors (Lipinski definition) is 5. The van der Waals surface area contributed by atoms with Crippen LogP contribution in [0.5, 0.6) is 0 Å². The molecular weight excluding hydrogens is 346 g/mol. The van der Waals surface area contributed by atoms with Gasteiger partial charge in [0.15, 0.2) is 0 Å². The second-order valence-corrected chi connectivity index (χ2v) is 8.67. The fraction of sp³-hybridized carbons (Fsp3) is 0.476. The molecule has 1 aromatic carbocycles. The topological polar surface area (TPSA) is 49.8 Å². The molecule has 0 bridgehead atoms. The highest BCUT2D eigenvalue weighted by atomic mass is 32.1. The summed E-state index contributed by atoms with van der Waals surface area (Å²) >= 11 is 1.50. The molecule has 2 fully saturated rings. The van der Waals surface area contributed by atoms with Crippen LogP contribution in [0.2, 0.25) is 0 Å². The number of likely N-dealkylation sites (tertiary alicyclic amines) is 1. The Bertz CT molecular complexity index is 775. The average molecular weight is 372 g/mol. The molecule has 4 nitrogen and oxygen atoms in total. The first kappa shape index (κ1) is 17.7. The van der Waals surface area contributed by atoms with Gasteiger partial charge in [-0.05, 0) is 42.9 Å². The van der Waals surface area contributed by atoms with E-state index in [-0.39, 0.29) is 11.9 Å². The highest BCUT2D eigenvalue weighted by Gasteiger charge is 2.49. The third-order valence-corrected chi connectivity index (χ3v) is 7.01. The number of methoxy groups -OCH3 is 1. The van der Waals surface area contributed by atoms with Gasteiger partial charge in [0.1, 0.15) is 4.88 Å². The van der Waals surface area contributed by atoms with Gasteiger partial charge in [-0.25, -0.2) is 4.79 Å². The highest BCUT2D eigenvalue weighted by Crippen LogP contribution is 2.48. The quantitative estimate of drug-likeness (QED) is 0.834. The van der Waals surface area contributed by atoms with Crippen LogP contribution in [0.25, 0.3) is 0 Å². The number of carbonyl (C=O) groups is 1. The Morgan fingerprint density at radius 3 is 2.85 bits per heavy atom. The van der Waals surface area contributed by atoms with Crippen LogP contribution >= 0.6 is 11.3 Å². The fourth-order valence-corrected chi connectivity index (χ4v) is 5.69. The first-order chi connectivity index (χ1) is 12.6. The monoisotopic (exact) mass is 371 g/mol. The van der Waals surface area contributed by atoms with E-state index in [0.29, 0.717) is 10.8 Å². The SMILES string of the molecule is COC(=O)c1ccc(CN2C[C@@H]3CCC[C@@](O)(c4ccccc4)[C@@H]3C2)s1. The number of carbonyl (C=O) groups excluding carboxylic acids is 1. The summed E-state index contributed by atoms with van der Waals surface area (Å²) in [5.74, 6) is 0.544. The van der Waals surface area contributed by atoms with Crippen LogP contribution in [0.1, 0.15) is 39.4 Å². The minimum absolute atomic E-state index is 0.269. The molecule has 1 saturated carbocycles. The lowest BCUT2D eigenvalue weighted by atomic mass is 9.67. The van der Waals surface area contributed by atoms with Gasteiger partial charge in [-0.2, -0.15) is 0 Å². The molecule has 0 radical (unpaired) electrons. The number of thiophene rings is 1. The minimum atomic E-state index is -0.717. The lowest BCUT2D eigenvalue weighted by molar-refractivity contribution is -0.0648. The number of esters is 1. The molecule has 2 heterocycles. The zero-order valence-electron chi connectivity index (χ0n) is 15.1. The summed E-state index contributed by atoms with van der Waals surface area (Å²) < 4.78 is 4.80. The van der Waals surface area contributed by atoms with Gasteiger partial charge in [0.2, 0.25) is 0 Å². The average Bonchev–Trinajstić information content (AvgIpc) is 3.30. The molecule has 3 atom stereocenters. The van der Waals surface area contributed by atoms with Crippen molar-refractivity contribution in [3.05, 3.63) is 57.8 Å². The third-order valence-electron chi connectivity index (χ3n) is 5.96. The normalized spacial score (nSPS) is 28.7. The maximum absolute atomic E-state index is 11.7. The standard InChI is InChI=1S/C21H25NO3S/c1-25-20(23)19-10-9-17(26-19)13-22-12-15-6-5-11-21(24,18(15)14-22)16-7-3-2-4-8-16/h2-4,7-10,15,18,24H,5-6,11-14H2,1H3/t15-,18+,21+/m0/s1. The first-order valence-corrected chi connectivity index (χ1v) is 10.1. The molecule has 1 saturated heterocycles. The van der Waals surface area contributed by atoms with Crippen molar-refractivity contribution in [2.24, 2.45) is 11.8 Å². The number of fused-ring (bicyclic) bond motifs is 1. The van der Waals surface area contributed by atoms with Gasteiger partial charge in [-0.1, -0.05) is 30.3 Å². The molecule has 26 heavy (non-hydrogen) atoms. The second-order valence-electron chi connectivity index (χ2n) is 7.50. The van der Waals surface area contributed by atoms with Gasteiger partial charge >= 0.3 is 5.97 Å². The van der Waals surface area contributed by atoms with Crippen molar-refractivity contribution in [1.29, 1.82) is 0 Å². The number of aliphatic hydroxyl groups is 1. The lowest BCUT2D eigenvalue weighted by Crippen LogP contribution is -2.42. The van der Waals surface area contributed by atoms with E-state index in [1.807, 2.05) is 30.3 Å². The van der Waals surface area contributed by atoms with Crippen molar-refractivity contribution in [3.8, 4) is 0 Å². The fourth-order valence-electron chi connectivity index (χ4n) is 4.72. The molecule has 2 aliphatic rings. The molecule has 138 valence electrons. The van der Waals surface area contributed by atoms with Crippen molar-refractivity contribution >= 4 is 17.3 Å². The minimum Gasteiger partial charge on any atom is -0.465 e. The van der Waals surface area contributed by atoms with Crippen LogP contribution in [0, 0.1) is 11.8 Å². The van der Waals surface area contributed by atoms with Crippen LogP contribution in [0.3, 0.4) is 0 Å². The first-order valence-electron chi connectivity index (χ1n) is 9.27. The Morgan fingerprint density at radius 1 is 1.27 bits per heavy atom. The van der Waals surface area contributed by atoms with E-state index in [9.17, 15) is 9.90 Å². The van der Waals surface area contributed by atoms with Crippen molar-refractivity contribution in [2.75, 3.05) is 20.2 Å². The van der Waals surface area contributed by atoms with Gasteiger partial charge in [-0.3, -0.25) is 4.90 Å². The number of rotatable bonds is 4. The van der Waals surface area contributed by atoms with Gasteiger partial charge < -0.3 is 9.84 Å². The van der Waals surface area contributed by atoms with Gasteiger partial charge in [0, 0.05) is 30.4 Å². The summed E-state index contributed by atoms with van der Waals surface area (Å²) in [4.78, 5) is 15.9. The smallest absolute Gasteiger partial charge is 0.348 e. The molecule has 5 heteroatoms. The van der Waals surface area contributed by atoms with Crippen molar-refractivity contribution < 1.29 is 14.6 Å². The Morgan fingerprint density at radius 2 is 2.08 bits per heavy atom. The molecule has 2 aromatic rings. The van der Waals surface area contributed by atoms with Gasteiger partial charge in [0.25, 0.3) is 0 Å². The summed E-state index contributed by atoms with van der Waals surface area (Å²) in [5, 5.41) is 11.5. The number of hydrogen-bond donors (Lipinski definition) is 1. The maximum Gasteiger partial charge on any atom is 0.348 e. The third kappa shape index (κ3) is 3.20. The molecule has 4 rings (SSSR count). The molecule has 0 spiro atoms. The molecule has 1 aromatic heterocycles. The van der Waals surface area contributed by atoms with Crippen LogP contribution in [-0.2, 0) is 16.9 Å². The van der Waals surface area contributed by atoms with Gasteiger partial charge in [0.05, 0.1) is 12.7 Å². The Labute approximate surface area is 158 Å². The summed E-state index contributed by atoms with van der Waals surface area (Å²) in [5.41, 5.74) is 0.339. The summed E-state index contributed by atoms with van der Waals surface area (Å²) in [6.07, 6.45) is 3.11. The number of ether oxygens (including phenoxy) is 1. The predicted molar refractivity (Wildman–Crippen MR) is 102 cm³/mol. The molecular formula is C21H25NO3S. The Hall–Kier alpha value is -1.69. The predicted octanol–water partition coefficient (Wildman–Crippen LogP) is 3.65. The number of benzene rings is 1. The van der Waals surface area contributed by atoms with E-state index < -0.39 is 5.60 Å². The summed E-state index contributed by atoms with van der Waals surface area (Å²) in [7, 11) is 1.41. The van der Waals surface area contributed by atoms with Crippen LogP contribution in [-0.4, -0.2) is 36.2 Å². The second kappa shape index (κ2) is 7.14. The Balaban J connectivity index is 1.49. The highest BCUT2D eigenvalue weighted by molar-refractivity contribution is 7.13. The zero-order valence-corrected chi connectivity index (χ0v) is 15.9. The lowest BCUT2D eigenvalue weighted by Gasteiger charge is -2.41. The maximum atomic E-state index is 11.7. The molecule has 1 aliphatic heterocycles. The van der Waals surface area contributed by atoms with Crippen molar-refractivity contribution in [3.63, 3.8) is 0 Å². The van der Waals surface area contributed by atoms with E-state index in [0.717, 1.165) is 38.0 Å². The van der Waals surface area contributed by atoms with E-state index in [4.69, 9.17) is 4.74 Å². The van der Waals surface area contributed by atoms with Crippen molar-refractivity contribution in [1.82, 2.24) is 4.90 Å². The van der Waals surface area contributed by atoms with E-state index >= 15 is 0 Å². The number of nitrogens with zero attached hydrogens (tertiary/aromatic N) is 1. The summed E-state index contributed by atoms with van der Waals surface area (Å²) in [6, 6.07) is 14.0.